The van der Waals surface area contributed by atoms with Gasteiger partial charge < -0.3 is 15.8 Å². The number of nitrogens with one attached hydrogen (secondary N) is 1. The zero-order valence-electron chi connectivity index (χ0n) is 8.50. The van der Waals surface area contributed by atoms with Gasteiger partial charge in [-0.1, -0.05) is 6.92 Å². The fourth-order valence-corrected chi connectivity index (χ4v) is 1.13. The summed E-state index contributed by atoms with van der Waals surface area (Å²) < 4.78 is 4.54. The largest absolute Gasteiger partial charge is 0.467 e. The molecule has 1 fully saturated rings. The second-order valence-corrected chi connectivity index (χ2v) is 3.61. The summed E-state index contributed by atoms with van der Waals surface area (Å²) in [5.74, 6) is -0.681. The first-order chi connectivity index (χ1) is 6.53. The van der Waals surface area contributed by atoms with Gasteiger partial charge in [0, 0.05) is 0 Å². The van der Waals surface area contributed by atoms with E-state index < -0.39 is 17.6 Å². The highest BCUT2D eigenvalue weighted by Crippen LogP contribution is 2.32. The molecule has 1 atom stereocenters. The first-order valence-electron chi connectivity index (χ1n) is 4.71. The van der Waals surface area contributed by atoms with Crippen molar-refractivity contribution >= 4 is 11.9 Å². The predicted octanol–water partition coefficient (Wildman–Crippen LogP) is -0.454. The number of hydrogen-bond acceptors (Lipinski definition) is 4. The van der Waals surface area contributed by atoms with E-state index in [9.17, 15) is 9.59 Å². The summed E-state index contributed by atoms with van der Waals surface area (Å²) in [5.41, 5.74) is 4.94. The first kappa shape index (κ1) is 11.0. The maximum absolute atomic E-state index is 11.5. The van der Waals surface area contributed by atoms with Gasteiger partial charge in [0.05, 0.1) is 12.6 Å². The maximum Gasteiger partial charge on any atom is 0.328 e. The normalized spacial score (nSPS) is 19.6. The molecule has 3 N–H and O–H groups in total. The number of amides is 1. The van der Waals surface area contributed by atoms with E-state index in [-0.39, 0.29) is 5.91 Å². The van der Waals surface area contributed by atoms with Gasteiger partial charge in [-0.05, 0) is 19.3 Å². The number of hydrogen-bond donors (Lipinski definition) is 2. The van der Waals surface area contributed by atoms with Gasteiger partial charge in [-0.15, -0.1) is 0 Å². The van der Waals surface area contributed by atoms with E-state index in [4.69, 9.17) is 5.73 Å². The Morgan fingerprint density at radius 3 is 2.50 bits per heavy atom. The van der Waals surface area contributed by atoms with E-state index in [1.807, 2.05) is 0 Å². The quantitative estimate of drug-likeness (QED) is 0.602. The summed E-state index contributed by atoms with van der Waals surface area (Å²) in [6.07, 6.45) is 1.89. The molecule has 1 aliphatic rings. The van der Waals surface area contributed by atoms with Gasteiger partial charge in [-0.3, -0.25) is 4.79 Å². The van der Waals surface area contributed by atoms with Crippen LogP contribution in [0.1, 0.15) is 26.2 Å². The van der Waals surface area contributed by atoms with E-state index in [2.05, 4.69) is 10.1 Å². The fourth-order valence-electron chi connectivity index (χ4n) is 1.13. The summed E-state index contributed by atoms with van der Waals surface area (Å²) in [6.45, 7) is 1.80. The van der Waals surface area contributed by atoms with Crippen LogP contribution in [0.4, 0.5) is 0 Å². The Morgan fingerprint density at radius 1 is 1.57 bits per heavy atom. The van der Waals surface area contributed by atoms with Gasteiger partial charge in [0.15, 0.2) is 0 Å². The standard InChI is InChI=1S/C9H16N2O3/c1-3-6(7(12)14-2)11-8(13)9(10)4-5-9/h6H,3-5,10H2,1-2H3,(H,11,13). The lowest BCUT2D eigenvalue weighted by Gasteiger charge is -2.16. The second-order valence-electron chi connectivity index (χ2n) is 3.61. The Labute approximate surface area is 83.0 Å². The molecule has 0 heterocycles. The average molecular weight is 200 g/mol. The fraction of sp³-hybridized carbons (Fsp3) is 0.778. The molecule has 0 aromatic heterocycles. The highest BCUT2D eigenvalue weighted by atomic mass is 16.5. The molecule has 14 heavy (non-hydrogen) atoms. The van der Waals surface area contributed by atoms with Crippen LogP contribution in [0.15, 0.2) is 0 Å². The van der Waals surface area contributed by atoms with Gasteiger partial charge in [-0.25, -0.2) is 4.79 Å². The van der Waals surface area contributed by atoms with E-state index in [1.165, 1.54) is 7.11 Å². The molecule has 1 amide bonds. The van der Waals surface area contributed by atoms with Crippen molar-refractivity contribution in [2.24, 2.45) is 5.73 Å². The summed E-state index contributed by atoms with van der Waals surface area (Å²) in [5, 5.41) is 2.58. The highest BCUT2D eigenvalue weighted by Gasteiger charge is 2.46. The highest BCUT2D eigenvalue weighted by molar-refractivity contribution is 5.92. The third-order valence-electron chi connectivity index (χ3n) is 2.44. The molecule has 0 aliphatic heterocycles. The number of carbonyl (C=O) groups is 2. The number of ether oxygens (including phenoxy) is 1. The zero-order chi connectivity index (χ0) is 10.8. The van der Waals surface area contributed by atoms with Crippen LogP contribution in [0.3, 0.4) is 0 Å². The maximum atomic E-state index is 11.5. The van der Waals surface area contributed by atoms with Crippen molar-refractivity contribution in [2.75, 3.05) is 7.11 Å². The van der Waals surface area contributed by atoms with Crippen LogP contribution in [0.5, 0.6) is 0 Å². The molecule has 80 valence electrons. The number of carbonyl (C=O) groups excluding carboxylic acids is 2. The Hall–Kier alpha value is -1.10. The molecule has 0 radical (unpaired) electrons. The molecule has 0 aromatic carbocycles. The Kier molecular flexibility index (Phi) is 3.10. The van der Waals surface area contributed by atoms with E-state index in [0.29, 0.717) is 19.3 Å². The molecule has 5 nitrogen and oxygen atoms in total. The molecule has 1 rings (SSSR count). The first-order valence-corrected chi connectivity index (χ1v) is 4.71. The molecule has 0 saturated heterocycles. The molecule has 1 saturated carbocycles. The van der Waals surface area contributed by atoms with Crippen LogP contribution in [-0.4, -0.2) is 30.6 Å². The van der Waals surface area contributed by atoms with Crippen molar-refractivity contribution in [3.05, 3.63) is 0 Å². The van der Waals surface area contributed by atoms with Crippen LogP contribution in [0, 0.1) is 0 Å². The summed E-state index contributed by atoms with van der Waals surface area (Å²) in [7, 11) is 1.30. The van der Waals surface area contributed by atoms with E-state index in [0.717, 1.165) is 0 Å². The molecule has 0 spiro atoms. The monoisotopic (exact) mass is 200 g/mol. The minimum absolute atomic E-state index is 0.255. The molecular formula is C9H16N2O3. The number of nitrogens with two attached hydrogens (primary N) is 1. The van der Waals surface area contributed by atoms with Crippen molar-refractivity contribution in [1.82, 2.24) is 5.32 Å². The lowest BCUT2D eigenvalue weighted by Crippen LogP contribution is -2.49. The van der Waals surface area contributed by atoms with Crippen molar-refractivity contribution in [2.45, 2.75) is 37.8 Å². The predicted molar refractivity (Wildman–Crippen MR) is 50.4 cm³/mol. The molecule has 5 heteroatoms. The van der Waals surface area contributed by atoms with Crippen molar-refractivity contribution < 1.29 is 14.3 Å². The smallest absolute Gasteiger partial charge is 0.328 e. The summed E-state index contributed by atoms with van der Waals surface area (Å²) in [4.78, 5) is 22.6. The van der Waals surface area contributed by atoms with Crippen molar-refractivity contribution in [3.8, 4) is 0 Å². The minimum Gasteiger partial charge on any atom is -0.467 e. The molecule has 0 aromatic rings. The van der Waals surface area contributed by atoms with Crippen molar-refractivity contribution in [3.63, 3.8) is 0 Å². The topological polar surface area (TPSA) is 81.4 Å². The summed E-state index contributed by atoms with van der Waals surface area (Å²) in [6, 6.07) is -0.575. The Morgan fingerprint density at radius 2 is 2.14 bits per heavy atom. The summed E-state index contributed by atoms with van der Waals surface area (Å²) >= 11 is 0. The second kappa shape index (κ2) is 3.96. The Bertz CT molecular complexity index is 248. The SMILES string of the molecule is CCC(NC(=O)C1(N)CC1)C(=O)OC. The number of methoxy groups -OCH3 is 1. The van der Waals surface area contributed by atoms with Gasteiger partial charge >= 0.3 is 5.97 Å². The third-order valence-corrected chi connectivity index (χ3v) is 2.44. The molecule has 1 unspecified atom stereocenters. The van der Waals surface area contributed by atoms with Gasteiger partial charge in [0.1, 0.15) is 6.04 Å². The lowest BCUT2D eigenvalue weighted by molar-refractivity contribution is -0.145. The van der Waals surface area contributed by atoms with E-state index >= 15 is 0 Å². The van der Waals surface area contributed by atoms with Crippen LogP contribution < -0.4 is 11.1 Å². The zero-order valence-corrected chi connectivity index (χ0v) is 8.50. The Balaban J connectivity index is 2.48. The van der Waals surface area contributed by atoms with Crippen LogP contribution >= 0.6 is 0 Å². The molecule has 1 aliphatic carbocycles. The molecular weight excluding hydrogens is 184 g/mol. The van der Waals surface area contributed by atoms with Gasteiger partial charge in [-0.2, -0.15) is 0 Å². The van der Waals surface area contributed by atoms with Crippen LogP contribution in [-0.2, 0) is 14.3 Å². The lowest BCUT2D eigenvalue weighted by atomic mass is 10.2. The number of esters is 1. The average Bonchev–Trinajstić information content (AvgIpc) is 2.92. The number of rotatable bonds is 4. The van der Waals surface area contributed by atoms with Gasteiger partial charge in [0.2, 0.25) is 5.91 Å². The third kappa shape index (κ3) is 2.23. The van der Waals surface area contributed by atoms with Crippen LogP contribution in [0.2, 0.25) is 0 Å². The van der Waals surface area contributed by atoms with Crippen molar-refractivity contribution in [1.29, 1.82) is 0 Å². The van der Waals surface area contributed by atoms with Crippen LogP contribution in [0.25, 0.3) is 0 Å². The van der Waals surface area contributed by atoms with E-state index in [1.54, 1.807) is 6.92 Å². The van der Waals surface area contributed by atoms with Gasteiger partial charge in [0.25, 0.3) is 0 Å². The molecule has 0 bridgehead atoms. The minimum atomic E-state index is -0.735.